The van der Waals surface area contributed by atoms with Crippen LogP contribution in [-0.4, -0.2) is 38.6 Å². The van der Waals surface area contributed by atoms with Crippen molar-refractivity contribution in [2.45, 2.75) is 25.6 Å². The van der Waals surface area contributed by atoms with Crippen LogP contribution in [0.5, 0.6) is 0 Å². The number of benzene rings is 1. The fraction of sp³-hybridized carbons (Fsp3) is 0.538. The average molecular weight is 270 g/mol. The van der Waals surface area contributed by atoms with Gasteiger partial charge in [0.15, 0.2) is 0 Å². The van der Waals surface area contributed by atoms with E-state index in [-0.39, 0.29) is 0 Å². The quantitative estimate of drug-likeness (QED) is 0.849. The molecule has 102 valence electrons. The lowest BCUT2D eigenvalue weighted by Crippen LogP contribution is -2.39. The highest BCUT2D eigenvalue weighted by molar-refractivity contribution is 7.89. The number of hydrogen-bond acceptors (Lipinski definition) is 3. The summed E-state index contributed by atoms with van der Waals surface area (Å²) in [4.78, 5) is 0. The van der Waals surface area contributed by atoms with Gasteiger partial charge in [-0.1, -0.05) is 29.8 Å². The number of nitrogens with zero attached hydrogens (tertiary/aromatic N) is 1. The van der Waals surface area contributed by atoms with Crippen molar-refractivity contribution in [2.24, 2.45) is 0 Å². The molecule has 0 radical (unpaired) electrons. The molecule has 1 N–H and O–H groups in total. The highest BCUT2D eigenvalue weighted by Crippen LogP contribution is 2.12. The second-order valence-corrected chi connectivity index (χ2v) is 7.12. The van der Waals surface area contributed by atoms with E-state index in [1.54, 1.807) is 21.0 Å². The third-order valence-electron chi connectivity index (χ3n) is 2.92. The summed E-state index contributed by atoms with van der Waals surface area (Å²) in [5.74, 6) is 0. The Balaban J connectivity index is 2.79. The van der Waals surface area contributed by atoms with Gasteiger partial charge in [0, 0.05) is 20.1 Å². The number of sulfonamides is 1. The summed E-state index contributed by atoms with van der Waals surface area (Å²) in [6, 6.07) is 7.90. The van der Waals surface area contributed by atoms with Gasteiger partial charge >= 0.3 is 0 Å². The molecule has 4 nitrogen and oxygen atoms in total. The van der Waals surface area contributed by atoms with Crippen molar-refractivity contribution in [3.8, 4) is 0 Å². The largest absolute Gasteiger partial charge is 0.318 e. The smallest absolute Gasteiger partial charge is 0.218 e. The Morgan fingerprint density at radius 3 is 2.61 bits per heavy atom. The summed E-state index contributed by atoms with van der Waals surface area (Å²) >= 11 is 0. The van der Waals surface area contributed by atoms with Crippen LogP contribution in [0.15, 0.2) is 24.3 Å². The summed E-state index contributed by atoms with van der Waals surface area (Å²) in [7, 11) is 0.144. The first-order valence-corrected chi connectivity index (χ1v) is 7.53. The molecule has 0 aromatic heterocycles. The van der Waals surface area contributed by atoms with Crippen LogP contribution in [0.1, 0.15) is 18.1 Å². The van der Waals surface area contributed by atoms with Gasteiger partial charge in [0.1, 0.15) is 0 Å². The number of aryl methyl sites for hydroxylation is 1. The highest BCUT2D eigenvalue weighted by Gasteiger charge is 2.25. The molecule has 5 heteroatoms. The minimum atomic E-state index is -3.24. The molecule has 1 unspecified atom stereocenters. The molecular weight excluding hydrogens is 248 g/mol. The summed E-state index contributed by atoms with van der Waals surface area (Å²) in [6.45, 7) is 4.60. The van der Waals surface area contributed by atoms with E-state index in [0.717, 1.165) is 11.1 Å². The third-order valence-corrected chi connectivity index (χ3v) is 5.10. The molecule has 1 aromatic rings. The predicted molar refractivity (Wildman–Crippen MR) is 75.0 cm³/mol. The topological polar surface area (TPSA) is 49.4 Å². The van der Waals surface area contributed by atoms with Crippen molar-refractivity contribution in [1.82, 2.24) is 9.62 Å². The monoisotopic (exact) mass is 270 g/mol. The van der Waals surface area contributed by atoms with E-state index in [4.69, 9.17) is 0 Å². The lowest BCUT2D eigenvalue weighted by molar-refractivity contribution is 0.455. The minimum Gasteiger partial charge on any atom is -0.318 e. The first-order chi connectivity index (χ1) is 8.37. The van der Waals surface area contributed by atoms with Gasteiger partial charge in [-0.05, 0) is 26.5 Å². The van der Waals surface area contributed by atoms with E-state index in [1.165, 1.54) is 4.31 Å². The molecule has 1 aromatic carbocycles. The molecule has 0 bridgehead atoms. The molecule has 18 heavy (non-hydrogen) atoms. The van der Waals surface area contributed by atoms with Gasteiger partial charge in [-0.15, -0.1) is 0 Å². The summed E-state index contributed by atoms with van der Waals surface area (Å²) < 4.78 is 25.8. The van der Waals surface area contributed by atoms with Crippen LogP contribution in [0, 0.1) is 6.92 Å². The van der Waals surface area contributed by atoms with E-state index >= 15 is 0 Å². The van der Waals surface area contributed by atoms with Gasteiger partial charge in [0.25, 0.3) is 0 Å². The average Bonchev–Trinajstić information content (AvgIpc) is 2.29. The van der Waals surface area contributed by atoms with E-state index in [9.17, 15) is 8.42 Å². The van der Waals surface area contributed by atoms with Gasteiger partial charge in [-0.3, -0.25) is 0 Å². The fourth-order valence-corrected chi connectivity index (χ4v) is 3.18. The van der Waals surface area contributed by atoms with E-state index in [0.29, 0.717) is 13.1 Å². The lowest BCUT2D eigenvalue weighted by Gasteiger charge is -2.22. The normalized spacial score (nSPS) is 13.8. The first-order valence-electron chi connectivity index (χ1n) is 6.03. The van der Waals surface area contributed by atoms with Crippen LogP contribution < -0.4 is 5.32 Å². The lowest BCUT2D eigenvalue weighted by atomic mass is 10.1. The summed E-state index contributed by atoms with van der Waals surface area (Å²) in [6.07, 6.45) is 0. The van der Waals surface area contributed by atoms with Gasteiger partial charge in [0.2, 0.25) is 10.0 Å². The molecule has 0 aliphatic heterocycles. The van der Waals surface area contributed by atoms with Crippen LogP contribution in [0.25, 0.3) is 0 Å². The van der Waals surface area contributed by atoms with Crippen molar-refractivity contribution in [2.75, 3.05) is 20.6 Å². The number of hydrogen-bond donors (Lipinski definition) is 1. The van der Waals surface area contributed by atoms with Gasteiger partial charge in [-0.2, -0.15) is 0 Å². The van der Waals surface area contributed by atoms with Crippen molar-refractivity contribution < 1.29 is 8.42 Å². The Morgan fingerprint density at radius 2 is 2.06 bits per heavy atom. The molecule has 0 heterocycles. The van der Waals surface area contributed by atoms with Crippen molar-refractivity contribution in [1.29, 1.82) is 0 Å². The van der Waals surface area contributed by atoms with E-state index < -0.39 is 15.3 Å². The Hall–Kier alpha value is -0.910. The molecule has 0 aliphatic carbocycles. The fourth-order valence-electron chi connectivity index (χ4n) is 1.86. The zero-order valence-electron chi connectivity index (χ0n) is 11.5. The van der Waals surface area contributed by atoms with Gasteiger partial charge in [-0.25, -0.2) is 12.7 Å². The Kier molecular flexibility index (Phi) is 5.31. The van der Waals surface area contributed by atoms with Crippen molar-refractivity contribution in [3.05, 3.63) is 35.4 Å². The maximum absolute atomic E-state index is 12.2. The molecule has 0 saturated heterocycles. The number of rotatable bonds is 6. The summed E-state index contributed by atoms with van der Waals surface area (Å²) in [5.41, 5.74) is 2.15. The Labute approximate surface area is 110 Å². The molecule has 1 rings (SSSR count). The minimum absolute atomic E-state index is 0.415. The second-order valence-electron chi connectivity index (χ2n) is 4.66. The molecule has 0 amide bonds. The number of nitrogens with one attached hydrogen (secondary N) is 1. The van der Waals surface area contributed by atoms with E-state index in [2.05, 4.69) is 5.32 Å². The molecule has 0 saturated carbocycles. The van der Waals surface area contributed by atoms with Crippen LogP contribution in [-0.2, 0) is 16.6 Å². The molecular formula is C13H22N2O2S. The zero-order chi connectivity index (χ0) is 13.8. The van der Waals surface area contributed by atoms with Crippen molar-refractivity contribution >= 4 is 10.0 Å². The first kappa shape index (κ1) is 15.1. The van der Waals surface area contributed by atoms with E-state index in [1.807, 2.05) is 31.2 Å². The van der Waals surface area contributed by atoms with Crippen LogP contribution in [0.4, 0.5) is 0 Å². The predicted octanol–water partition coefficient (Wildman–Crippen LogP) is 1.36. The molecule has 0 aliphatic rings. The second kappa shape index (κ2) is 6.31. The van der Waals surface area contributed by atoms with Gasteiger partial charge < -0.3 is 5.32 Å². The maximum atomic E-state index is 12.2. The van der Waals surface area contributed by atoms with Crippen molar-refractivity contribution in [3.63, 3.8) is 0 Å². The summed E-state index contributed by atoms with van der Waals surface area (Å²) in [5, 5.41) is 2.48. The standard InChI is InChI=1S/C13H22N2O2S/c1-11-6-5-7-13(8-11)10-15(4)18(16,17)12(2)9-14-3/h5-8,12,14H,9-10H2,1-4H3. The maximum Gasteiger partial charge on any atom is 0.218 e. The Bertz CT molecular complexity index is 486. The third kappa shape index (κ3) is 3.80. The molecule has 0 spiro atoms. The van der Waals surface area contributed by atoms with Gasteiger partial charge in [0.05, 0.1) is 5.25 Å². The van der Waals surface area contributed by atoms with Crippen LogP contribution in [0.2, 0.25) is 0 Å². The zero-order valence-corrected chi connectivity index (χ0v) is 12.3. The highest BCUT2D eigenvalue weighted by atomic mass is 32.2. The van der Waals surface area contributed by atoms with Crippen LogP contribution in [0.3, 0.4) is 0 Å². The Morgan fingerprint density at radius 1 is 1.39 bits per heavy atom. The molecule has 1 atom stereocenters. The molecule has 0 fully saturated rings. The van der Waals surface area contributed by atoms with Crippen LogP contribution >= 0.6 is 0 Å². The SMILES string of the molecule is CNCC(C)S(=O)(=O)N(C)Cc1cccc(C)c1.